The lowest BCUT2D eigenvalue weighted by Gasteiger charge is -2.16. The van der Waals surface area contributed by atoms with Gasteiger partial charge in [-0.15, -0.1) is 0 Å². The molecule has 1 fully saturated rings. The number of anilines is 1. The summed E-state index contributed by atoms with van der Waals surface area (Å²) >= 11 is 0. The van der Waals surface area contributed by atoms with Crippen molar-refractivity contribution in [1.82, 2.24) is 19.3 Å². The molecule has 1 saturated carbocycles. The average molecular weight is 367 g/mol. The SMILES string of the molecule is CN(C)C(=O)c1ccn2c(-c3cccc(N[C@H]4CCC[C@@H]4F)n3)cnc2c1. The summed E-state index contributed by atoms with van der Waals surface area (Å²) in [6.45, 7) is 0. The lowest BCUT2D eigenvalue weighted by atomic mass is 10.2. The maximum Gasteiger partial charge on any atom is 0.253 e. The number of nitrogens with one attached hydrogen (secondary N) is 1. The third-order valence-electron chi connectivity index (χ3n) is 4.94. The van der Waals surface area contributed by atoms with Gasteiger partial charge < -0.3 is 10.2 Å². The molecule has 0 aliphatic heterocycles. The van der Waals surface area contributed by atoms with E-state index in [1.807, 2.05) is 28.8 Å². The highest BCUT2D eigenvalue weighted by Gasteiger charge is 2.27. The minimum atomic E-state index is -0.820. The Labute approximate surface area is 157 Å². The molecule has 140 valence electrons. The van der Waals surface area contributed by atoms with Crippen LogP contribution in [0.1, 0.15) is 29.6 Å². The van der Waals surface area contributed by atoms with Crippen LogP contribution in [0.3, 0.4) is 0 Å². The Morgan fingerprint density at radius 1 is 1.30 bits per heavy atom. The number of hydrogen-bond acceptors (Lipinski definition) is 4. The van der Waals surface area contributed by atoms with Gasteiger partial charge in [-0.1, -0.05) is 6.07 Å². The van der Waals surface area contributed by atoms with Crippen LogP contribution in [0.2, 0.25) is 0 Å². The number of carbonyl (C=O) groups is 1. The number of nitrogens with zero attached hydrogens (tertiary/aromatic N) is 4. The number of amides is 1. The van der Waals surface area contributed by atoms with E-state index in [0.29, 0.717) is 23.4 Å². The third kappa shape index (κ3) is 3.37. The molecule has 0 spiro atoms. The van der Waals surface area contributed by atoms with Gasteiger partial charge in [0.2, 0.25) is 0 Å². The summed E-state index contributed by atoms with van der Waals surface area (Å²) in [4.78, 5) is 22.7. The van der Waals surface area contributed by atoms with E-state index >= 15 is 0 Å². The van der Waals surface area contributed by atoms with Crippen LogP contribution < -0.4 is 5.32 Å². The molecule has 3 heterocycles. The second-order valence-corrected chi connectivity index (χ2v) is 7.09. The molecule has 0 radical (unpaired) electrons. The summed E-state index contributed by atoms with van der Waals surface area (Å²) in [6.07, 6.45) is 5.08. The van der Waals surface area contributed by atoms with E-state index in [2.05, 4.69) is 15.3 Å². The lowest BCUT2D eigenvalue weighted by Crippen LogP contribution is -2.25. The summed E-state index contributed by atoms with van der Waals surface area (Å²) in [7, 11) is 3.44. The van der Waals surface area contributed by atoms with Gasteiger partial charge in [0.15, 0.2) is 0 Å². The summed E-state index contributed by atoms with van der Waals surface area (Å²) in [5.41, 5.74) is 2.83. The van der Waals surface area contributed by atoms with Crippen molar-refractivity contribution in [2.24, 2.45) is 0 Å². The zero-order chi connectivity index (χ0) is 19.0. The molecular weight excluding hydrogens is 345 g/mol. The van der Waals surface area contributed by atoms with Gasteiger partial charge in [-0.3, -0.25) is 9.20 Å². The van der Waals surface area contributed by atoms with Crippen LogP contribution in [0, 0.1) is 0 Å². The van der Waals surface area contributed by atoms with Crippen LogP contribution >= 0.6 is 0 Å². The number of alkyl halides is 1. The quantitative estimate of drug-likeness (QED) is 0.768. The summed E-state index contributed by atoms with van der Waals surface area (Å²) in [5.74, 6) is 0.597. The van der Waals surface area contributed by atoms with Gasteiger partial charge >= 0.3 is 0 Å². The first-order valence-corrected chi connectivity index (χ1v) is 9.10. The first-order chi connectivity index (χ1) is 13.0. The number of hydrogen-bond donors (Lipinski definition) is 1. The average Bonchev–Trinajstić information content (AvgIpc) is 3.27. The van der Waals surface area contributed by atoms with Crippen LogP contribution in [-0.4, -0.2) is 51.5 Å². The highest BCUT2D eigenvalue weighted by Crippen LogP contribution is 2.26. The highest BCUT2D eigenvalue weighted by atomic mass is 19.1. The summed E-state index contributed by atoms with van der Waals surface area (Å²) in [5, 5.41) is 3.21. The molecule has 7 heteroatoms. The van der Waals surface area contributed by atoms with Crippen LogP contribution in [-0.2, 0) is 0 Å². The summed E-state index contributed by atoms with van der Waals surface area (Å²) < 4.78 is 15.8. The van der Waals surface area contributed by atoms with Crippen molar-refractivity contribution in [1.29, 1.82) is 0 Å². The van der Waals surface area contributed by atoms with E-state index in [1.54, 1.807) is 32.4 Å². The molecule has 1 aliphatic rings. The minimum Gasteiger partial charge on any atom is -0.364 e. The number of carbonyl (C=O) groups excluding carboxylic acids is 1. The molecule has 0 bridgehead atoms. The van der Waals surface area contributed by atoms with Gasteiger partial charge in [-0.25, -0.2) is 14.4 Å². The van der Waals surface area contributed by atoms with Gasteiger partial charge in [0, 0.05) is 25.9 Å². The fourth-order valence-corrected chi connectivity index (χ4v) is 3.49. The molecular formula is C20H22FN5O. The third-order valence-corrected chi connectivity index (χ3v) is 4.94. The van der Waals surface area contributed by atoms with E-state index in [1.165, 1.54) is 4.90 Å². The number of pyridine rings is 2. The maximum absolute atomic E-state index is 13.9. The summed E-state index contributed by atoms with van der Waals surface area (Å²) in [6, 6.07) is 9.01. The lowest BCUT2D eigenvalue weighted by molar-refractivity contribution is 0.0827. The number of fused-ring (bicyclic) bond motifs is 1. The number of halogens is 1. The fraction of sp³-hybridized carbons (Fsp3) is 0.350. The van der Waals surface area contributed by atoms with Gasteiger partial charge in [-0.2, -0.15) is 0 Å². The zero-order valence-electron chi connectivity index (χ0n) is 15.4. The monoisotopic (exact) mass is 367 g/mol. The van der Waals surface area contributed by atoms with Gasteiger partial charge in [0.05, 0.1) is 23.6 Å². The molecule has 3 aromatic rings. The molecule has 3 aromatic heterocycles. The van der Waals surface area contributed by atoms with E-state index in [0.717, 1.165) is 24.2 Å². The molecule has 0 saturated heterocycles. The maximum atomic E-state index is 13.9. The Hall–Kier alpha value is -2.96. The molecule has 1 N–H and O–H groups in total. The van der Waals surface area contributed by atoms with E-state index in [9.17, 15) is 9.18 Å². The van der Waals surface area contributed by atoms with E-state index in [4.69, 9.17) is 0 Å². The Morgan fingerprint density at radius 3 is 2.89 bits per heavy atom. The number of imidazole rings is 1. The second kappa shape index (κ2) is 6.98. The first kappa shape index (κ1) is 17.5. The molecule has 1 amide bonds. The van der Waals surface area contributed by atoms with Crippen molar-refractivity contribution in [2.45, 2.75) is 31.5 Å². The van der Waals surface area contributed by atoms with E-state index in [-0.39, 0.29) is 11.9 Å². The van der Waals surface area contributed by atoms with Crippen molar-refractivity contribution in [3.8, 4) is 11.4 Å². The largest absolute Gasteiger partial charge is 0.364 e. The fourth-order valence-electron chi connectivity index (χ4n) is 3.49. The van der Waals surface area contributed by atoms with Gasteiger partial charge in [0.1, 0.15) is 17.6 Å². The van der Waals surface area contributed by atoms with Gasteiger partial charge in [-0.05, 0) is 43.5 Å². The number of aromatic nitrogens is 3. The van der Waals surface area contributed by atoms with E-state index < -0.39 is 6.17 Å². The van der Waals surface area contributed by atoms with Gasteiger partial charge in [0.25, 0.3) is 5.91 Å². The first-order valence-electron chi connectivity index (χ1n) is 9.10. The molecule has 6 nitrogen and oxygen atoms in total. The van der Waals surface area contributed by atoms with Crippen molar-refractivity contribution in [3.63, 3.8) is 0 Å². The standard InChI is InChI=1S/C20H22FN5O/c1-25(2)20(27)13-9-10-26-17(12-22-19(26)11-13)16-7-4-8-18(24-16)23-15-6-3-5-14(15)21/h4,7-12,14-15H,3,5-6H2,1-2H3,(H,23,24)/t14-,15-/m0/s1. The molecule has 0 unspecified atom stereocenters. The predicted molar refractivity (Wildman–Crippen MR) is 103 cm³/mol. The highest BCUT2D eigenvalue weighted by molar-refractivity contribution is 5.94. The van der Waals surface area contributed by atoms with Crippen LogP contribution in [0.5, 0.6) is 0 Å². The zero-order valence-corrected chi connectivity index (χ0v) is 15.4. The molecule has 0 aromatic carbocycles. The van der Waals surface area contributed by atoms with Crippen molar-refractivity contribution in [3.05, 3.63) is 48.3 Å². The number of rotatable bonds is 4. The Bertz CT molecular complexity index is 983. The van der Waals surface area contributed by atoms with Crippen molar-refractivity contribution in [2.75, 3.05) is 19.4 Å². The second-order valence-electron chi connectivity index (χ2n) is 7.09. The molecule has 1 aliphatic carbocycles. The van der Waals surface area contributed by atoms with Crippen molar-refractivity contribution >= 4 is 17.4 Å². The van der Waals surface area contributed by atoms with Crippen LogP contribution in [0.25, 0.3) is 17.0 Å². The molecule has 2 atom stereocenters. The van der Waals surface area contributed by atoms with Crippen molar-refractivity contribution < 1.29 is 9.18 Å². The van der Waals surface area contributed by atoms with Crippen LogP contribution in [0.4, 0.5) is 10.2 Å². The normalized spacial score (nSPS) is 19.4. The molecule has 4 rings (SSSR count). The Kier molecular flexibility index (Phi) is 4.51. The smallest absolute Gasteiger partial charge is 0.253 e. The minimum absolute atomic E-state index is 0.0660. The topological polar surface area (TPSA) is 62.5 Å². The Balaban J connectivity index is 1.64. The molecule has 27 heavy (non-hydrogen) atoms. The predicted octanol–water partition coefficient (Wildman–Crippen LogP) is 3.40. The van der Waals surface area contributed by atoms with Crippen LogP contribution in [0.15, 0.2) is 42.7 Å². The Morgan fingerprint density at radius 2 is 2.15 bits per heavy atom.